The third kappa shape index (κ3) is 4.91. The molecular formula is C17H24N6. The third-order valence-corrected chi connectivity index (χ3v) is 3.83. The molecule has 0 radical (unpaired) electrons. The Morgan fingerprint density at radius 2 is 2.26 bits per heavy atom. The number of nitrogens with one attached hydrogen (secondary N) is 3. The first-order valence-corrected chi connectivity index (χ1v) is 8.13. The highest BCUT2D eigenvalue weighted by molar-refractivity contribution is 5.55. The van der Waals surface area contributed by atoms with Crippen molar-refractivity contribution in [1.29, 1.82) is 0 Å². The van der Waals surface area contributed by atoms with Gasteiger partial charge < -0.3 is 16.0 Å². The van der Waals surface area contributed by atoms with Crippen molar-refractivity contribution in [2.24, 2.45) is 0 Å². The Kier molecular flexibility index (Phi) is 5.39. The number of aromatic nitrogens is 2. The van der Waals surface area contributed by atoms with E-state index in [4.69, 9.17) is 0 Å². The summed E-state index contributed by atoms with van der Waals surface area (Å²) in [4.78, 5) is 11.2. The smallest absolute Gasteiger partial charge is 0.229 e. The molecule has 6 heteroatoms. The lowest BCUT2D eigenvalue weighted by molar-refractivity contribution is 0.333. The molecule has 3 N–H and O–H groups in total. The van der Waals surface area contributed by atoms with Crippen molar-refractivity contribution < 1.29 is 0 Å². The fourth-order valence-corrected chi connectivity index (χ4v) is 2.63. The van der Waals surface area contributed by atoms with Crippen LogP contribution in [0.2, 0.25) is 0 Å². The van der Waals surface area contributed by atoms with Gasteiger partial charge in [0.25, 0.3) is 0 Å². The number of hydrogen-bond acceptors (Lipinski definition) is 6. The summed E-state index contributed by atoms with van der Waals surface area (Å²) in [7, 11) is 0. The zero-order chi connectivity index (χ0) is 15.9. The summed E-state index contributed by atoms with van der Waals surface area (Å²) in [5.74, 6) is 1.47. The van der Waals surface area contributed by atoms with E-state index in [1.54, 1.807) is 6.20 Å². The second-order valence-electron chi connectivity index (χ2n) is 5.82. The van der Waals surface area contributed by atoms with Crippen LogP contribution in [-0.2, 0) is 0 Å². The lowest BCUT2D eigenvalue weighted by Gasteiger charge is -2.14. The molecule has 0 saturated carbocycles. The molecule has 0 spiro atoms. The van der Waals surface area contributed by atoms with E-state index in [0.29, 0.717) is 5.95 Å². The monoisotopic (exact) mass is 312 g/mol. The first-order valence-electron chi connectivity index (χ1n) is 8.13. The normalized spacial score (nSPS) is 14.8. The summed E-state index contributed by atoms with van der Waals surface area (Å²) in [6, 6.07) is 10.1. The molecule has 122 valence electrons. The van der Waals surface area contributed by atoms with Crippen LogP contribution in [0.1, 0.15) is 12.0 Å². The van der Waals surface area contributed by atoms with Crippen molar-refractivity contribution in [3.05, 3.63) is 42.1 Å². The van der Waals surface area contributed by atoms with Gasteiger partial charge in [0.05, 0.1) is 0 Å². The van der Waals surface area contributed by atoms with Gasteiger partial charge >= 0.3 is 0 Å². The molecule has 2 aromatic rings. The van der Waals surface area contributed by atoms with Gasteiger partial charge in [0.2, 0.25) is 5.95 Å². The molecule has 1 aromatic heterocycles. The highest BCUT2D eigenvalue weighted by Gasteiger charge is 2.09. The summed E-state index contributed by atoms with van der Waals surface area (Å²) in [6.45, 7) is 7.36. The second kappa shape index (κ2) is 7.89. The summed E-state index contributed by atoms with van der Waals surface area (Å²) in [5.41, 5.74) is 2.21. The molecule has 1 fully saturated rings. The Bertz CT molecular complexity index is 624. The Balaban J connectivity index is 1.48. The average molecular weight is 312 g/mol. The topological polar surface area (TPSA) is 65.1 Å². The zero-order valence-electron chi connectivity index (χ0n) is 13.5. The average Bonchev–Trinajstić information content (AvgIpc) is 3.05. The molecule has 2 heterocycles. The lowest BCUT2D eigenvalue weighted by atomic mass is 10.2. The quantitative estimate of drug-likeness (QED) is 0.681. The molecule has 0 aliphatic carbocycles. The molecule has 1 aromatic carbocycles. The minimum atomic E-state index is 0.615. The number of benzene rings is 1. The molecule has 6 nitrogen and oxygen atoms in total. The largest absolute Gasteiger partial charge is 0.370 e. The predicted molar refractivity (Wildman–Crippen MR) is 94.0 cm³/mol. The standard InChI is InChI=1S/C17H24N6/c1-14-4-2-5-15(12-14)21-17-20-8-6-16(22-17)19-7-3-10-23-11-9-18-13-23/h2,4-6,8,12,18H,3,7,9-11,13H2,1H3,(H2,19,20,21,22). The van der Waals surface area contributed by atoms with Gasteiger partial charge in [-0.2, -0.15) is 4.98 Å². The first kappa shape index (κ1) is 15.7. The number of rotatable bonds is 7. The summed E-state index contributed by atoms with van der Waals surface area (Å²) >= 11 is 0. The van der Waals surface area contributed by atoms with E-state index < -0.39 is 0 Å². The van der Waals surface area contributed by atoms with Gasteiger partial charge in [-0.15, -0.1) is 0 Å². The minimum absolute atomic E-state index is 0.615. The number of anilines is 3. The van der Waals surface area contributed by atoms with Crippen LogP contribution in [0.3, 0.4) is 0 Å². The maximum Gasteiger partial charge on any atom is 0.229 e. The molecule has 1 aliphatic rings. The molecule has 0 atom stereocenters. The Morgan fingerprint density at radius 3 is 3.09 bits per heavy atom. The summed E-state index contributed by atoms with van der Waals surface area (Å²) in [5, 5.41) is 9.95. The van der Waals surface area contributed by atoms with Crippen molar-refractivity contribution in [2.75, 3.05) is 43.5 Å². The van der Waals surface area contributed by atoms with E-state index in [9.17, 15) is 0 Å². The highest BCUT2D eigenvalue weighted by Crippen LogP contribution is 2.15. The molecular weight excluding hydrogens is 288 g/mol. The van der Waals surface area contributed by atoms with Crippen molar-refractivity contribution in [3.63, 3.8) is 0 Å². The Labute approximate surface area is 137 Å². The van der Waals surface area contributed by atoms with E-state index in [2.05, 4.69) is 49.9 Å². The highest BCUT2D eigenvalue weighted by atomic mass is 15.3. The number of hydrogen-bond donors (Lipinski definition) is 3. The SMILES string of the molecule is Cc1cccc(Nc2nccc(NCCCN3CCNC3)n2)c1. The molecule has 0 unspecified atom stereocenters. The first-order chi connectivity index (χ1) is 11.3. The zero-order valence-corrected chi connectivity index (χ0v) is 13.5. The van der Waals surface area contributed by atoms with E-state index in [0.717, 1.165) is 50.8 Å². The van der Waals surface area contributed by atoms with Crippen LogP contribution in [-0.4, -0.2) is 47.7 Å². The van der Waals surface area contributed by atoms with Crippen molar-refractivity contribution in [2.45, 2.75) is 13.3 Å². The fourth-order valence-electron chi connectivity index (χ4n) is 2.63. The van der Waals surface area contributed by atoms with Gasteiger partial charge in [-0.1, -0.05) is 12.1 Å². The van der Waals surface area contributed by atoms with E-state index in [1.807, 2.05) is 18.2 Å². The number of aryl methyl sites for hydroxylation is 1. The van der Waals surface area contributed by atoms with Gasteiger partial charge in [-0.25, -0.2) is 4.98 Å². The van der Waals surface area contributed by atoms with Crippen LogP contribution in [0.25, 0.3) is 0 Å². The van der Waals surface area contributed by atoms with Gasteiger partial charge in [0, 0.05) is 44.7 Å². The van der Waals surface area contributed by atoms with Gasteiger partial charge in [0.15, 0.2) is 0 Å². The molecule has 0 bridgehead atoms. The van der Waals surface area contributed by atoms with Crippen LogP contribution in [0.5, 0.6) is 0 Å². The van der Waals surface area contributed by atoms with Gasteiger partial charge in [-0.05, 0) is 37.1 Å². The minimum Gasteiger partial charge on any atom is -0.370 e. The van der Waals surface area contributed by atoms with Gasteiger partial charge in [-0.3, -0.25) is 4.90 Å². The van der Waals surface area contributed by atoms with Crippen molar-refractivity contribution in [3.8, 4) is 0 Å². The third-order valence-electron chi connectivity index (χ3n) is 3.83. The maximum absolute atomic E-state index is 4.51. The summed E-state index contributed by atoms with van der Waals surface area (Å²) in [6.07, 6.45) is 2.88. The fraction of sp³-hybridized carbons (Fsp3) is 0.412. The van der Waals surface area contributed by atoms with Gasteiger partial charge in [0.1, 0.15) is 5.82 Å². The predicted octanol–water partition coefficient (Wildman–Crippen LogP) is 2.19. The summed E-state index contributed by atoms with van der Waals surface area (Å²) < 4.78 is 0. The second-order valence-corrected chi connectivity index (χ2v) is 5.82. The van der Waals surface area contributed by atoms with E-state index in [-0.39, 0.29) is 0 Å². The van der Waals surface area contributed by atoms with E-state index >= 15 is 0 Å². The van der Waals surface area contributed by atoms with Crippen LogP contribution in [0, 0.1) is 6.92 Å². The molecule has 1 aliphatic heterocycles. The number of nitrogens with zero attached hydrogens (tertiary/aromatic N) is 3. The molecule has 3 rings (SSSR count). The van der Waals surface area contributed by atoms with Crippen LogP contribution >= 0.6 is 0 Å². The van der Waals surface area contributed by atoms with Crippen LogP contribution in [0.15, 0.2) is 36.5 Å². The Morgan fingerprint density at radius 1 is 1.30 bits per heavy atom. The van der Waals surface area contributed by atoms with Crippen LogP contribution in [0.4, 0.5) is 17.5 Å². The van der Waals surface area contributed by atoms with Crippen molar-refractivity contribution in [1.82, 2.24) is 20.2 Å². The van der Waals surface area contributed by atoms with Crippen LogP contribution < -0.4 is 16.0 Å². The van der Waals surface area contributed by atoms with Crippen molar-refractivity contribution >= 4 is 17.5 Å². The molecule has 23 heavy (non-hydrogen) atoms. The Hall–Kier alpha value is -2.18. The lowest BCUT2D eigenvalue weighted by Crippen LogP contribution is -2.24. The van der Waals surface area contributed by atoms with E-state index in [1.165, 1.54) is 5.56 Å². The molecule has 0 amide bonds. The molecule has 1 saturated heterocycles. The maximum atomic E-state index is 4.51.